The van der Waals surface area contributed by atoms with Crippen molar-refractivity contribution in [2.24, 2.45) is 0 Å². The van der Waals surface area contributed by atoms with E-state index < -0.39 is 0 Å². The summed E-state index contributed by atoms with van der Waals surface area (Å²) in [6.07, 6.45) is 0. The highest BCUT2D eigenvalue weighted by Gasteiger charge is 1.94. The lowest BCUT2D eigenvalue weighted by Gasteiger charge is -2.03. The molecule has 1 aromatic rings. The van der Waals surface area contributed by atoms with Crippen LogP contribution in [0, 0.1) is 0 Å². The normalized spacial score (nSPS) is 9.40. The third kappa shape index (κ3) is 1.36. The number of nitrogen functional groups attached to an aromatic ring is 1. The van der Waals surface area contributed by atoms with Crippen LogP contribution in [0.4, 0.5) is 11.4 Å². The number of anilines is 2. The van der Waals surface area contributed by atoms with E-state index in [9.17, 15) is 0 Å². The van der Waals surface area contributed by atoms with E-state index in [1.165, 1.54) is 0 Å². The molecular formula is C7H10N2S. The second-order valence-corrected chi connectivity index (χ2v) is 2.51. The van der Waals surface area contributed by atoms with E-state index in [1.807, 2.05) is 25.2 Å². The molecule has 0 atom stereocenters. The summed E-state index contributed by atoms with van der Waals surface area (Å²) < 4.78 is 0. The maximum absolute atomic E-state index is 5.51. The van der Waals surface area contributed by atoms with Gasteiger partial charge in [-0.15, -0.1) is 12.6 Å². The Morgan fingerprint density at radius 2 is 2.20 bits per heavy atom. The van der Waals surface area contributed by atoms with Gasteiger partial charge in [-0.05, 0) is 18.2 Å². The lowest BCUT2D eigenvalue weighted by molar-refractivity contribution is 1.39. The Hall–Kier alpha value is -0.830. The zero-order chi connectivity index (χ0) is 7.56. The second-order valence-electron chi connectivity index (χ2n) is 2.03. The molecule has 0 saturated heterocycles. The number of thiol groups is 1. The Bertz CT molecular complexity index is 235. The zero-order valence-corrected chi connectivity index (χ0v) is 6.65. The molecule has 0 radical (unpaired) electrons. The van der Waals surface area contributed by atoms with Crippen molar-refractivity contribution < 1.29 is 0 Å². The van der Waals surface area contributed by atoms with Gasteiger partial charge in [0.05, 0.1) is 0 Å². The highest BCUT2D eigenvalue weighted by atomic mass is 32.1. The minimum absolute atomic E-state index is 0.740. The fourth-order valence-corrected chi connectivity index (χ4v) is 1.10. The van der Waals surface area contributed by atoms with Gasteiger partial charge in [0, 0.05) is 23.3 Å². The van der Waals surface area contributed by atoms with Gasteiger partial charge in [-0.25, -0.2) is 0 Å². The van der Waals surface area contributed by atoms with Crippen molar-refractivity contribution in [2.45, 2.75) is 4.90 Å². The SMILES string of the molecule is CNc1ccc(N)cc1S. The number of nitrogens with two attached hydrogens (primary N) is 1. The summed E-state index contributed by atoms with van der Waals surface area (Å²) >= 11 is 4.21. The summed E-state index contributed by atoms with van der Waals surface area (Å²) in [5.74, 6) is 0. The first-order valence-corrected chi connectivity index (χ1v) is 3.45. The molecule has 54 valence electrons. The van der Waals surface area contributed by atoms with E-state index in [-0.39, 0.29) is 0 Å². The van der Waals surface area contributed by atoms with Gasteiger partial charge in [0.1, 0.15) is 0 Å². The Labute approximate surface area is 65.8 Å². The van der Waals surface area contributed by atoms with Gasteiger partial charge in [-0.1, -0.05) is 0 Å². The molecule has 0 aromatic heterocycles. The van der Waals surface area contributed by atoms with Crippen LogP contribution in [0.3, 0.4) is 0 Å². The van der Waals surface area contributed by atoms with Gasteiger partial charge in [-0.3, -0.25) is 0 Å². The van der Waals surface area contributed by atoms with E-state index in [2.05, 4.69) is 17.9 Å². The van der Waals surface area contributed by atoms with Gasteiger partial charge in [0.25, 0.3) is 0 Å². The lowest BCUT2D eigenvalue weighted by atomic mass is 10.3. The molecule has 0 amide bonds. The maximum atomic E-state index is 5.51. The van der Waals surface area contributed by atoms with Crippen molar-refractivity contribution in [1.82, 2.24) is 0 Å². The lowest BCUT2D eigenvalue weighted by Crippen LogP contribution is -1.91. The van der Waals surface area contributed by atoms with Crippen LogP contribution in [0.25, 0.3) is 0 Å². The van der Waals surface area contributed by atoms with Crippen LogP contribution in [0.15, 0.2) is 23.1 Å². The Kier molecular flexibility index (Phi) is 2.06. The number of rotatable bonds is 1. The van der Waals surface area contributed by atoms with E-state index in [4.69, 9.17) is 5.73 Å². The van der Waals surface area contributed by atoms with Crippen molar-refractivity contribution in [3.8, 4) is 0 Å². The number of benzene rings is 1. The van der Waals surface area contributed by atoms with Crippen molar-refractivity contribution in [3.63, 3.8) is 0 Å². The van der Waals surface area contributed by atoms with Crippen LogP contribution in [0.5, 0.6) is 0 Å². The van der Waals surface area contributed by atoms with Crippen molar-refractivity contribution in [2.75, 3.05) is 18.1 Å². The highest BCUT2D eigenvalue weighted by Crippen LogP contribution is 2.21. The van der Waals surface area contributed by atoms with Gasteiger partial charge in [0.2, 0.25) is 0 Å². The van der Waals surface area contributed by atoms with Gasteiger partial charge < -0.3 is 11.1 Å². The van der Waals surface area contributed by atoms with E-state index >= 15 is 0 Å². The minimum Gasteiger partial charge on any atom is -0.399 e. The molecule has 3 N–H and O–H groups in total. The highest BCUT2D eigenvalue weighted by molar-refractivity contribution is 7.80. The Balaban J connectivity index is 3.07. The summed E-state index contributed by atoms with van der Waals surface area (Å²) in [4.78, 5) is 0.877. The third-order valence-electron chi connectivity index (χ3n) is 1.29. The summed E-state index contributed by atoms with van der Waals surface area (Å²) in [5, 5.41) is 2.99. The van der Waals surface area contributed by atoms with Crippen molar-refractivity contribution in [1.29, 1.82) is 0 Å². The molecule has 10 heavy (non-hydrogen) atoms. The molecule has 0 aliphatic rings. The van der Waals surface area contributed by atoms with Crippen molar-refractivity contribution in [3.05, 3.63) is 18.2 Å². The monoisotopic (exact) mass is 154 g/mol. The first kappa shape index (κ1) is 7.28. The summed E-state index contributed by atoms with van der Waals surface area (Å²) in [7, 11) is 1.85. The summed E-state index contributed by atoms with van der Waals surface area (Å²) in [6.45, 7) is 0. The average Bonchev–Trinajstić information content (AvgIpc) is 1.88. The molecule has 0 bridgehead atoms. The molecule has 0 heterocycles. The van der Waals surface area contributed by atoms with E-state index in [0.29, 0.717) is 0 Å². The summed E-state index contributed by atoms with van der Waals surface area (Å²) in [5.41, 5.74) is 7.24. The predicted molar refractivity (Wildman–Crippen MR) is 47.7 cm³/mol. The molecular weight excluding hydrogens is 144 g/mol. The minimum atomic E-state index is 0.740. The topological polar surface area (TPSA) is 38.0 Å². The standard InChI is InChI=1S/C7H10N2S/c1-9-6-3-2-5(8)4-7(6)10/h2-4,9-10H,8H2,1H3. The molecule has 1 rings (SSSR count). The molecule has 2 nitrogen and oxygen atoms in total. The number of nitrogens with one attached hydrogen (secondary N) is 1. The molecule has 0 aliphatic carbocycles. The third-order valence-corrected chi connectivity index (χ3v) is 1.66. The van der Waals surface area contributed by atoms with Gasteiger partial charge >= 0.3 is 0 Å². The van der Waals surface area contributed by atoms with E-state index in [1.54, 1.807) is 0 Å². The first-order valence-electron chi connectivity index (χ1n) is 3.00. The van der Waals surface area contributed by atoms with Crippen molar-refractivity contribution >= 4 is 24.0 Å². The molecule has 3 heteroatoms. The molecule has 0 saturated carbocycles. The molecule has 0 fully saturated rings. The van der Waals surface area contributed by atoms with Crippen LogP contribution >= 0.6 is 12.6 Å². The Morgan fingerprint density at radius 1 is 1.50 bits per heavy atom. The fourth-order valence-electron chi connectivity index (χ4n) is 0.760. The zero-order valence-electron chi connectivity index (χ0n) is 5.76. The smallest absolute Gasteiger partial charge is 0.0474 e. The number of hydrogen-bond acceptors (Lipinski definition) is 3. The molecule has 0 spiro atoms. The predicted octanol–water partition coefficient (Wildman–Crippen LogP) is 1.60. The van der Waals surface area contributed by atoms with Crippen LogP contribution in [0.2, 0.25) is 0 Å². The quantitative estimate of drug-likeness (QED) is 0.424. The van der Waals surface area contributed by atoms with Crippen LogP contribution in [0.1, 0.15) is 0 Å². The first-order chi connectivity index (χ1) is 4.74. The van der Waals surface area contributed by atoms with Crippen LogP contribution in [-0.2, 0) is 0 Å². The van der Waals surface area contributed by atoms with Crippen LogP contribution < -0.4 is 11.1 Å². The average molecular weight is 154 g/mol. The maximum Gasteiger partial charge on any atom is 0.0474 e. The van der Waals surface area contributed by atoms with Gasteiger partial charge in [0.15, 0.2) is 0 Å². The fraction of sp³-hybridized carbons (Fsp3) is 0.143. The Morgan fingerprint density at radius 3 is 2.70 bits per heavy atom. The van der Waals surface area contributed by atoms with Gasteiger partial charge in [-0.2, -0.15) is 0 Å². The second kappa shape index (κ2) is 2.84. The molecule has 0 unspecified atom stereocenters. The van der Waals surface area contributed by atoms with E-state index in [0.717, 1.165) is 16.3 Å². The number of hydrogen-bond donors (Lipinski definition) is 3. The molecule has 1 aromatic carbocycles. The summed E-state index contributed by atoms with van der Waals surface area (Å²) in [6, 6.07) is 5.55. The molecule has 0 aliphatic heterocycles. The van der Waals surface area contributed by atoms with Crippen LogP contribution in [-0.4, -0.2) is 7.05 Å². The largest absolute Gasteiger partial charge is 0.399 e.